The maximum atomic E-state index is 10.9. The number of rotatable bonds is 1. The zero-order valence-electron chi connectivity index (χ0n) is 8.21. The van der Waals surface area contributed by atoms with Gasteiger partial charge in [-0.2, -0.15) is 0 Å². The standard InChI is InChI=1S/C11H18O/c1-7-4-8-5-10(9(7)6-12)11(8,2)3/h6-10H,4-5H2,1-3H3/t7-,8?,9+,10?/m0/s1. The van der Waals surface area contributed by atoms with Crippen molar-refractivity contribution in [1.82, 2.24) is 0 Å². The smallest absolute Gasteiger partial charge is 0.123 e. The second kappa shape index (κ2) is 2.34. The van der Waals surface area contributed by atoms with Crippen LogP contribution in [0.1, 0.15) is 33.6 Å². The summed E-state index contributed by atoms with van der Waals surface area (Å²) < 4.78 is 0. The van der Waals surface area contributed by atoms with Crippen LogP contribution in [0, 0.1) is 29.1 Å². The molecule has 3 fully saturated rings. The lowest BCUT2D eigenvalue weighted by molar-refractivity contribution is -0.146. The highest BCUT2D eigenvalue weighted by Crippen LogP contribution is 2.62. The molecule has 0 radical (unpaired) electrons. The topological polar surface area (TPSA) is 17.1 Å². The van der Waals surface area contributed by atoms with E-state index in [2.05, 4.69) is 20.8 Å². The second-order valence-corrected chi connectivity index (χ2v) is 5.29. The summed E-state index contributed by atoms with van der Waals surface area (Å²) in [5, 5.41) is 0. The average Bonchev–Trinajstić information content (AvgIpc) is 2.03. The SMILES string of the molecule is C[C@H]1CC2CC([C@@H]1C=O)C2(C)C. The van der Waals surface area contributed by atoms with Gasteiger partial charge in [-0.15, -0.1) is 0 Å². The first-order chi connectivity index (χ1) is 5.57. The Morgan fingerprint density at radius 1 is 1.33 bits per heavy atom. The molecule has 3 rings (SSSR count). The van der Waals surface area contributed by atoms with E-state index >= 15 is 0 Å². The molecule has 4 atom stereocenters. The molecule has 2 bridgehead atoms. The third-order valence-corrected chi connectivity index (χ3v) is 4.48. The molecule has 1 nitrogen and oxygen atoms in total. The highest BCUT2D eigenvalue weighted by Gasteiger charge is 2.56. The normalized spacial score (nSPS) is 49.6. The summed E-state index contributed by atoms with van der Waals surface area (Å²) in [5.41, 5.74) is 0.456. The summed E-state index contributed by atoms with van der Waals surface area (Å²) in [7, 11) is 0. The van der Waals surface area contributed by atoms with Crippen LogP contribution in [0.2, 0.25) is 0 Å². The Bertz CT molecular complexity index is 207. The summed E-state index contributed by atoms with van der Waals surface area (Å²) in [6.07, 6.45) is 3.78. The van der Waals surface area contributed by atoms with Crippen molar-refractivity contribution in [1.29, 1.82) is 0 Å². The van der Waals surface area contributed by atoms with Crippen LogP contribution < -0.4 is 0 Å². The quantitative estimate of drug-likeness (QED) is 0.547. The zero-order valence-corrected chi connectivity index (χ0v) is 8.21. The van der Waals surface area contributed by atoms with E-state index in [-0.39, 0.29) is 0 Å². The predicted molar refractivity (Wildman–Crippen MR) is 48.7 cm³/mol. The first-order valence-corrected chi connectivity index (χ1v) is 5.02. The Hall–Kier alpha value is -0.330. The average molecular weight is 166 g/mol. The van der Waals surface area contributed by atoms with E-state index in [0.717, 1.165) is 5.92 Å². The van der Waals surface area contributed by atoms with Crippen LogP contribution in [0.25, 0.3) is 0 Å². The molecule has 0 N–H and O–H groups in total. The molecule has 0 aromatic carbocycles. The van der Waals surface area contributed by atoms with Crippen LogP contribution in [-0.2, 0) is 4.79 Å². The summed E-state index contributed by atoms with van der Waals surface area (Å²) in [4.78, 5) is 10.9. The van der Waals surface area contributed by atoms with Crippen LogP contribution in [0.4, 0.5) is 0 Å². The van der Waals surface area contributed by atoms with Crippen molar-refractivity contribution in [3.05, 3.63) is 0 Å². The number of hydrogen-bond donors (Lipinski definition) is 0. The third kappa shape index (κ3) is 0.826. The lowest BCUT2D eigenvalue weighted by atomic mass is 9.43. The van der Waals surface area contributed by atoms with E-state index in [4.69, 9.17) is 0 Å². The highest BCUT2D eigenvalue weighted by atomic mass is 16.1. The summed E-state index contributed by atoms with van der Waals surface area (Å²) >= 11 is 0. The molecular formula is C11H18O. The van der Waals surface area contributed by atoms with Gasteiger partial charge in [-0.05, 0) is 36.0 Å². The molecule has 2 unspecified atom stereocenters. The van der Waals surface area contributed by atoms with Gasteiger partial charge < -0.3 is 4.79 Å². The second-order valence-electron chi connectivity index (χ2n) is 5.29. The van der Waals surface area contributed by atoms with Crippen molar-refractivity contribution in [2.45, 2.75) is 33.6 Å². The van der Waals surface area contributed by atoms with Gasteiger partial charge in [0.1, 0.15) is 6.29 Å². The van der Waals surface area contributed by atoms with Crippen molar-refractivity contribution in [2.24, 2.45) is 29.1 Å². The zero-order chi connectivity index (χ0) is 8.93. The van der Waals surface area contributed by atoms with Crippen LogP contribution in [0.15, 0.2) is 0 Å². The fourth-order valence-electron chi connectivity index (χ4n) is 3.34. The fraction of sp³-hybridized carbons (Fsp3) is 0.909. The Balaban J connectivity index is 2.20. The van der Waals surface area contributed by atoms with Crippen molar-refractivity contribution in [2.75, 3.05) is 0 Å². The summed E-state index contributed by atoms with van der Waals surface area (Å²) in [6.45, 7) is 6.88. The first-order valence-electron chi connectivity index (χ1n) is 5.02. The first kappa shape index (κ1) is 8.28. The van der Waals surface area contributed by atoms with E-state index in [1.165, 1.54) is 19.1 Å². The van der Waals surface area contributed by atoms with Gasteiger partial charge in [0.15, 0.2) is 0 Å². The van der Waals surface area contributed by atoms with Crippen molar-refractivity contribution >= 4 is 6.29 Å². The Labute approximate surface area is 74.5 Å². The van der Waals surface area contributed by atoms with Crippen LogP contribution >= 0.6 is 0 Å². The lowest BCUT2D eigenvalue weighted by Crippen LogP contribution is -2.55. The molecule has 1 heteroatoms. The van der Waals surface area contributed by atoms with Crippen LogP contribution in [0.5, 0.6) is 0 Å². The minimum atomic E-state index is 0.352. The maximum Gasteiger partial charge on any atom is 0.123 e. The summed E-state index contributed by atoms with van der Waals surface area (Å²) in [5.74, 6) is 2.57. The summed E-state index contributed by atoms with van der Waals surface area (Å²) in [6, 6.07) is 0. The number of carbonyl (C=O) groups is 1. The van der Waals surface area contributed by atoms with E-state index in [1.54, 1.807) is 0 Å². The third-order valence-electron chi connectivity index (χ3n) is 4.48. The van der Waals surface area contributed by atoms with Gasteiger partial charge in [0.2, 0.25) is 0 Å². The Morgan fingerprint density at radius 2 is 2.00 bits per heavy atom. The molecule has 0 amide bonds. The highest BCUT2D eigenvalue weighted by molar-refractivity contribution is 5.56. The monoisotopic (exact) mass is 166 g/mol. The number of hydrogen-bond acceptors (Lipinski definition) is 1. The molecule has 0 saturated heterocycles. The molecule has 3 aliphatic carbocycles. The van der Waals surface area contributed by atoms with Crippen molar-refractivity contribution in [3.8, 4) is 0 Å². The van der Waals surface area contributed by atoms with Gasteiger partial charge in [0.25, 0.3) is 0 Å². The molecule has 68 valence electrons. The predicted octanol–water partition coefficient (Wildman–Crippen LogP) is 2.50. The van der Waals surface area contributed by atoms with E-state index in [1.807, 2.05) is 0 Å². The van der Waals surface area contributed by atoms with Crippen molar-refractivity contribution in [3.63, 3.8) is 0 Å². The van der Waals surface area contributed by atoms with E-state index in [0.29, 0.717) is 23.2 Å². The van der Waals surface area contributed by atoms with Gasteiger partial charge in [0, 0.05) is 5.92 Å². The molecule has 0 aromatic rings. The van der Waals surface area contributed by atoms with Crippen LogP contribution in [-0.4, -0.2) is 6.29 Å². The molecule has 3 aliphatic rings. The number of aldehydes is 1. The van der Waals surface area contributed by atoms with Gasteiger partial charge in [-0.1, -0.05) is 20.8 Å². The molecule has 0 aromatic heterocycles. The minimum absolute atomic E-state index is 0.352. The largest absolute Gasteiger partial charge is 0.303 e. The van der Waals surface area contributed by atoms with Gasteiger partial charge in [0.05, 0.1) is 0 Å². The molecule has 12 heavy (non-hydrogen) atoms. The molecule has 0 heterocycles. The number of carbonyl (C=O) groups excluding carboxylic acids is 1. The van der Waals surface area contributed by atoms with E-state index in [9.17, 15) is 4.79 Å². The minimum Gasteiger partial charge on any atom is -0.303 e. The van der Waals surface area contributed by atoms with Gasteiger partial charge in [-0.3, -0.25) is 0 Å². The van der Waals surface area contributed by atoms with E-state index < -0.39 is 0 Å². The van der Waals surface area contributed by atoms with Gasteiger partial charge >= 0.3 is 0 Å². The van der Waals surface area contributed by atoms with Crippen LogP contribution in [0.3, 0.4) is 0 Å². The Kier molecular flexibility index (Phi) is 1.61. The maximum absolute atomic E-state index is 10.9. The molecular weight excluding hydrogens is 148 g/mol. The molecule has 0 aliphatic heterocycles. The van der Waals surface area contributed by atoms with Gasteiger partial charge in [-0.25, -0.2) is 0 Å². The lowest BCUT2D eigenvalue weighted by Gasteiger charge is -2.61. The Morgan fingerprint density at radius 3 is 2.42 bits per heavy atom. The molecule has 0 spiro atoms. The molecule has 3 saturated carbocycles. The van der Waals surface area contributed by atoms with Crippen molar-refractivity contribution < 1.29 is 4.79 Å². The number of fused-ring (bicyclic) bond motifs is 2. The fourth-order valence-corrected chi connectivity index (χ4v) is 3.34.